The van der Waals surface area contributed by atoms with Crippen molar-refractivity contribution in [1.82, 2.24) is 14.4 Å². The number of sulfonamides is 1. The largest absolute Gasteiger partial charge is 0.493 e. The summed E-state index contributed by atoms with van der Waals surface area (Å²) >= 11 is 0. The molecule has 0 spiro atoms. The number of nitrogens with one attached hydrogen (secondary N) is 1. The van der Waals surface area contributed by atoms with Crippen LogP contribution in [0.15, 0.2) is 45.8 Å². The third-order valence-electron chi connectivity index (χ3n) is 5.48. The summed E-state index contributed by atoms with van der Waals surface area (Å²) in [5, 5.41) is 7.19. The minimum atomic E-state index is -3.65. The van der Waals surface area contributed by atoms with E-state index in [9.17, 15) is 8.42 Å². The quantitative estimate of drug-likeness (QED) is 0.457. The molecule has 1 N–H and O–H groups in total. The van der Waals surface area contributed by atoms with E-state index < -0.39 is 10.0 Å². The molecule has 3 aromatic rings. The minimum Gasteiger partial charge on any atom is -0.493 e. The molecule has 11 heteroatoms. The summed E-state index contributed by atoms with van der Waals surface area (Å²) in [5.41, 5.74) is 1.32. The second-order valence-corrected chi connectivity index (χ2v) is 9.55. The molecule has 0 unspecified atom stereocenters. The fraction of sp³-hybridized carbons (Fsp3) is 0.391. The van der Waals surface area contributed by atoms with Crippen molar-refractivity contribution in [2.75, 3.05) is 39.2 Å². The molecule has 1 aliphatic heterocycles. The third-order valence-corrected chi connectivity index (χ3v) is 7.40. The van der Waals surface area contributed by atoms with Gasteiger partial charge in [-0.25, -0.2) is 8.42 Å². The van der Waals surface area contributed by atoms with Gasteiger partial charge in [0.2, 0.25) is 21.7 Å². The number of hydrogen-bond acceptors (Lipinski definition) is 9. The van der Waals surface area contributed by atoms with Crippen LogP contribution < -0.4 is 19.5 Å². The lowest BCUT2D eigenvalue weighted by Crippen LogP contribution is -2.28. The van der Waals surface area contributed by atoms with Crippen LogP contribution in [0.5, 0.6) is 17.2 Å². The molecule has 1 fully saturated rings. The molecule has 34 heavy (non-hydrogen) atoms. The van der Waals surface area contributed by atoms with Gasteiger partial charge in [0, 0.05) is 24.3 Å². The van der Waals surface area contributed by atoms with Gasteiger partial charge < -0.3 is 24.1 Å². The van der Waals surface area contributed by atoms with Gasteiger partial charge in [0.1, 0.15) is 10.6 Å². The van der Waals surface area contributed by atoms with Crippen molar-refractivity contribution < 1.29 is 27.2 Å². The maximum atomic E-state index is 13.2. The highest BCUT2D eigenvalue weighted by Gasteiger charge is 2.30. The highest BCUT2D eigenvalue weighted by atomic mass is 32.2. The average Bonchev–Trinajstić information content (AvgIpc) is 3.56. The lowest BCUT2D eigenvalue weighted by atomic mass is 10.2. The molecule has 0 radical (unpaired) electrons. The van der Waals surface area contributed by atoms with Gasteiger partial charge >= 0.3 is 0 Å². The van der Waals surface area contributed by atoms with Crippen LogP contribution in [-0.4, -0.2) is 56.8 Å². The molecular weight excluding hydrogens is 460 g/mol. The third kappa shape index (κ3) is 4.95. The van der Waals surface area contributed by atoms with Crippen molar-refractivity contribution >= 4 is 15.7 Å². The molecular formula is C23H28N4O6S. The number of hydrogen-bond donors (Lipinski definition) is 1. The van der Waals surface area contributed by atoms with Gasteiger partial charge in [-0.3, -0.25) is 0 Å². The number of benzene rings is 2. The highest BCUT2D eigenvalue weighted by Crippen LogP contribution is 2.33. The van der Waals surface area contributed by atoms with Crippen LogP contribution in [0.1, 0.15) is 25.7 Å². The number of anilines is 1. The van der Waals surface area contributed by atoms with Crippen LogP contribution in [0.4, 0.5) is 5.69 Å². The molecule has 1 aromatic heterocycles. The van der Waals surface area contributed by atoms with E-state index in [1.165, 1.54) is 4.31 Å². The molecule has 2 heterocycles. The van der Waals surface area contributed by atoms with Crippen molar-refractivity contribution in [3.05, 3.63) is 42.3 Å². The SMILES string of the molecule is CCOc1ccc(NCc2nc(-c3ccc(OC)c(OC)c3)no2)cc1S(=O)(=O)N1CCCC1. The van der Waals surface area contributed by atoms with Crippen LogP contribution in [0, 0.1) is 0 Å². The van der Waals surface area contributed by atoms with Crippen LogP contribution in [0.25, 0.3) is 11.4 Å². The van der Waals surface area contributed by atoms with Crippen molar-refractivity contribution in [3.8, 4) is 28.6 Å². The fourth-order valence-electron chi connectivity index (χ4n) is 3.76. The predicted molar refractivity (Wildman–Crippen MR) is 126 cm³/mol. The Bertz CT molecular complexity index is 1240. The van der Waals surface area contributed by atoms with Crippen molar-refractivity contribution in [1.29, 1.82) is 0 Å². The smallest absolute Gasteiger partial charge is 0.246 e. The Labute approximate surface area is 198 Å². The molecule has 1 saturated heterocycles. The maximum absolute atomic E-state index is 13.2. The molecule has 0 amide bonds. The molecule has 1 aliphatic rings. The number of nitrogens with zero attached hydrogens (tertiary/aromatic N) is 3. The van der Waals surface area contributed by atoms with E-state index in [2.05, 4.69) is 15.5 Å². The van der Waals surface area contributed by atoms with E-state index in [0.717, 1.165) is 12.8 Å². The van der Waals surface area contributed by atoms with E-state index in [4.69, 9.17) is 18.7 Å². The Morgan fingerprint density at radius 3 is 2.47 bits per heavy atom. The Hall–Kier alpha value is -3.31. The lowest BCUT2D eigenvalue weighted by molar-refractivity contribution is 0.329. The molecule has 4 rings (SSSR count). The van der Waals surface area contributed by atoms with Crippen LogP contribution in [0.2, 0.25) is 0 Å². The molecule has 0 saturated carbocycles. The maximum Gasteiger partial charge on any atom is 0.246 e. The van der Waals surface area contributed by atoms with E-state index >= 15 is 0 Å². The number of rotatable bonds is 10. The molecule has 0 aliphatic carbocycles. The molecule has 0 bridgehead atoms. The fourth-order valence-corrected chi connectivity index (χ4v) is 5.43. The van der Waals surface area contributed by atoms with Crippen molar-refractivity contribution in [2.45, 2.75) is 31.2 Å². The first-order valence-corrected chi connectivity index (χ1v) is 12.5. The molecule has 0 atom stereocenters. The van der Waals surface area contributed by atoms with Crippen LogP contribution in [-0.2, 0) is 16.6 Å². The Morgan fingerprint density at radius 1 is 1.03 bits per heavy atom. The zero-order chi connectivity index (χ0) is 24.1. The summed E-state index contributed by atoms with van der Waals surface area (Å²) < 4.78 is 49.4. The van der Waals surface area contributed by atoms with Crippen LogP contribution in [0.3, 0.4) is 0 Å². The molecule has 2 aromatic carbocycles. The van der Waals surface area contributed by atoms with E-state index in [1.54, 1.807) is 44.6 Å². The Kier molecular flexibility index (Phi) is 7.23. The highest BCUT2D eigenvalue weighted by molar-refractivity contribution is 7.89. The topological polar surface area (TPSA) is 116 Å². The van der Waals surface area contributed by atoms with Gasteiger partial charge in [-0.15, -0.1) is 0 Å². The summed E-state index contributed by atoms with van der Waals surface area (Å²) in [4.78, 5) is 4.57. The van der Waals surface area contributed by atoms with Gasteiger partial charge in [-0.05, 0) is 56.2 Å². The first-order chi connectivity index (χ1) is 16.5. The minimum absolute atomic E-state index is 0.151. The van der Waals surface area contributed by atoms with Gasteiger partial charge in [0.25, 0.3) is 0 Å². The average molecular weight is 489 g/mol. The van der Waals surface area contributed by atoms with E-state index in [-0.39, 0.29) is 11.4 Å². The number of ether oxygens (including phenoxy) is 3. The Balaban J connectivity index is 1.52. The zero-order valence-electron chi connectivity index (χ0n) is 19.4. The molecule has 182 valence electrons. The summed E-state index contributed by atoms with van der Waals surface area (Å²) in [6.45, 7) is 3.45. The summed E-state index contributed by atoms with van der Waals surface area (Å²) in [7, 11) is -0.521. The Morgan fingerprint density at radius 2 is 1.76 bits per heavy atom. The zero-order valence-corrected chi connectivity index (χ0v) is 20.2. The summed E-state index contributed by atoms with van der Waals surface area (Å²) in [5.74, 6) is 2.26. The van der Waals surface area contributed by atoms with Crippen molar-refractivity contribution in [3.63, 3.8) is 0 Å². The summed E-state index contributed by atoms with van der Waals surface area (Å²) in [6.07, 6.45) is 1.72. The monoisotopic (exact) mass is 488 g/mol. The molecule has 10 nitrogen and oxygen atoms in total. The normalized spacial score (nSPS) is 14.2. The second kappa shape index (κ2) is 10.3. The van der Waals surface area contributed by atoms with Gasteiger partial charge in [-0.2, -0.15) is 9.29 Å². The predicted octanol–water partition coefficient (Wildman–Crippen LogP) is 3.55. The number of methoxy groups -OCH3 is 2. The first-order valence-electron chi connectivity index (χ1n) is 11.0. The van der Waals surface area contributed by atoms with E-state index in [0.29, 0.717) is 59.9 Å². The standard InChI is InChI=1S/C23H28N4O6S/c1-4-32-19-10-8-17(14-21(19)34(28,29)27-11-5-6-12-27)24-15-22-25-23(26-33-22)16-7-9-18(30-2)20(13-16)31-3/h7-10,13-14,24H,4-6,11-12,15H2,1-3H3. The second-order valence-electron chi connectivity index (χ2n) is 7.64. The van der Waals surface area contributed by atoms with Crippen LogP contribution >= 0.6 is 0 Å². The lowest BCUT2D eigenvalue weighted by Gasteiger charge is -2.19. The van der Waals surface area contributed by atoms with Gasteiger partial charge in [0.15, 0.2) is 11.5 Å². The number of aromatic nitrogens is 2. The van der Waals surface area contributed by atoms with Gasteiger partial charge in [-0.1, -0.05) is 5.16 Å². The summed E-state index contributed by atoms with van der Waals surface area (Å²) in [6, 6.07) is 10.4. The van der Waals surface area contributed by atoms with E-state index in [1.807, 2.05) is 13.0 Å². The van der Waals surface area contributed by atoms with Crippen molar-refractivity contribution in [2.24, 2.45) is 0 Å². The van der Waals surface area contributed by atoms with Gasteiger partial charge in [0.05, 0.1) is 27.4 Å². The first kappa shape index (κ1) is 23.8.